The lowest BCUT2D eigenvalue weighted by Gasteiger charge is -2.36. The Morgan fingerprint density at radius 2 is 2.17 bits per heavy atom. The molecular formula is C15H22N2O. The fraction of sp³-hybridized carbons (Fsp3) is 0.600. The molecule has 3 nitrogen and oxygen atoms in total. The number of anilines is 1. The standard InChI is InChI=1S/C15H22N2O/c1-12-11-18-9-8-17(12)15-5-3-2-4-13(15)10-16-14-6-7-14/h2-5,12,14,16H,6-11H2,1H3. The number of benzene rings is 1. The molecule has 1 N–H and O–H groups in total. The fourth-order valence-electron chi connectivity index (χ4n) is 2.57. The van der Waals surface area contributed by atoms with E-state index < -0.39 is 0 Å². The minimum Gasteiger partial charge on any atom is -0.377 e. The molecule has 1 aromatic carbocycles. The van der Waals surface area contributed by atoms with Crippen LogP contribution >= 0.6 is 0 Å². The summed E-state index contributed by atoms with van der Waals surface area (Å²) in [7, 11) is 0. The Kier molecular flexibility index (Phi) is 3.52. The van der Waals surface area contributed by atoms with E-state index in [-0.39, 0.29) is 0 Å². The highest BCUT2D eigenvalue weighted by Crippen LogP contribution is 2.26. The van der Waals surface area contributed by atoms with Crippen molar-refractivity contribution in [2.45, 2.75) is 38.4 Å². The highest BCUT2D eigenvalue weighted by molar-refractivity contribution is 5.54. The predicted molar refractivity (Wildman–Crippen MR) is 73.9 cm³/mol. The molecule has 1 aliphatic carbocycles. The fourth-order valence-corrected chi connectivity index (χ4v) is 2.57. The lowest BCUT2D eigenvalue weighted by molar-refractivity contribution is 0.0988. The molecule has 1 atom stereocenters. The molecule has 1 heterocycles. The Labute approximate surface area is 109 Å². The van der Waals surface area contributed by atoms with Crippen LogP contribution in [0.15, 0.2) is 24.3 Å². The Morgan fingerprint density at radius 3 is 2.94 bits per heavy atom. The predicted octanol–water partition coefficient (Wildman–Crippen LogP) is 2.16. The lowest BCUT2D eigenvalue weighted by atomic mass is 10.1. The molecule has 1 saturated heterocycles. The average Bonchev–Trinajstić information content (AvgIpc) is 3.22. The van der Waals surface area contributed by atoms with Crippen LogP contribution in [0.3, 0.4) is 0 Å². The minimum atomic E-state index is 0.473. The average molecular weight is 246 g/mol. The zero-order valence-electron chi connectivity index (χ0n) is 11.1. The van der Waals surface area contributed by atoms with Crippen molar-refractivity contribution in [1.82, 2.24) is 5.32 Å². The van der Waals surface area contributed by atoms with Gasteiger partial charge in [-0.15, -0.1) is 0 Å². The molecule has 1 saturated carbocycles. The van der Waals surface area contributed by atoms with E-state index in [2.05, 4.69) is 41.4 Å². The van der Waals surface area contributed by atoms with Crippen molar-refractivity contribution in [3.8, 4) is 0 Å². The number of nitrogens with one attached hydrogen (secondary N) is 1. The third kappa shape index (κ3) is 2.68. The van der Waals surface area contributed by atoms with E-state index >= 15 is 0 Å². The molecular weight excluding hydrogens is 224 g/mol. The van der Waals surface area contributed by atoms with Gasteiger partial charge >= 0.3 is 0 Å². The van der Waals surface area contributed by atoms with Gasteiger partial charge < -0.3 is 15.0 Å². The van der Waals surface area contributed by atoms with Gasteiger partial charge in [-0.1, -0.05) is 18.2 Å². The first-order chi connectivity index (χ1) is 8.84. The first kappa shape index (κ1) is 12.0. The summed E-state index contributed by atoms with van der Waals surface area (Å²) >= 11 is 0. The second-order valence-electron chi connectivity index (χ2n) is 5.40. The van der Waals surface area contributed by atoms with Crippen LogP contribution in [0.1, 0.15) is 25.3 Å². The Bertz CT molecular complexity index is 403. The monoisotopic (exact) mass is 246 g/mol. The van der Waals surface area contributed by atoms with Crippen LogP contribution < -0.4 is 10.2 Å². The van der Waals surface area contributed by atoms with E-state index in [9.17, 15) is 0 Å². The molecule has 0 amide bonds. The van der Waals surface area contributed by atoms with Crippen LogP contribution in [0.5, 0.6) is 0 Å². The van der Waals surface area contributed by atoms with Crippen molar-refractivity contribution < 1.29 is 4.74 Å². The smallest absolute Gasteiger partial charge is 0.0668 e. The second kappa shape index (κ2) is 5.29. The summed E-state index contributed by atoms with van der Waals surface area (Å²) < 4.78 is 5.52. The van der Waals surface area contributed by atoms with E-state index in [4.69, 9.17) is 4.74 Å². The maximum Gasteiger partial charge on any atom is 0.0668 e. The van der Waals surface area contributed by atoms with E-state index in [1.807, 2.05) is 0 Å². The number of hydrogen-bond acceptors (Lipinski definition) is 3. The summed E-state index contributed by atoms with van der Waals surface area (Å²) in [6.45, 7) is 5.91. The molecule has 2 fully saturated rings. The number of ether oxygens (including phenoxy) is 1. The number of morpholine rings is 1. The molecule has 18 heavy (non-hydrogen) atoms. The van der Waals surface area contributed by atoms with Crippen LogP contribution in [0.4, 0.5) is 5.69 Å². The normalized spacial score (nSPS) is 24.3. The van der Waals surface area contributed by atoms with Crippen LogP contribution in [-0.2, 0) is 11.3 Å². The number of para-hydroxylation sites is 1. The number of rotatable bonds is 4. The maximum atomic E-state index is 5.52. The van der Waals surface area contributed by atoms with Crippen molar-refractivity contribution in [3.63, 3.8) is 0 Å². The summed E-state index contributed by atoms with van der Waals surface area (Å²) in [5, 5.41) is 3.61. The van der Waals surface area contributed by atoms with E-state index in [0.717, 1.165) is 32.3 Å². The molecule has 1 aromatic rings. The van der Waals surface area contributed by atoms with Gasteiger partial charge in [0.25, 0.3) is 0 Å². The van der Waals surface area contributed by atoms with E-state index in [1.165, 1.54) is 24.1 Å². The quantitative estimate of drug-likeness (QED) is 0.881. The van der Waals surface area contributed by atoms with Crippen LogP contribution in [0, 0.1) is 0 Å². The first-order valence-corrected chi connectivity index (χ1v) is 7.00. The van der Waals surface area contributed by atoms with Crippen LogP contribution in [-0.4, -0.2) is 31.8 Å². The highest BCUT2D eigenvalue weighted by Gasteiger charge is 2.23. The summed E-state index contributed by atoms with van der Waals surface area (Å²) in [4.78, 5) is 2.48. The number of hydrogen-bond donors (Lipinski definition) is 1. The zero-order chi connectivity index (χ0) is 12.4. The van der Waals surface area contributed by atoms with Gasteiger partial charge in [0.2, 0.25) is 0 Å². The topological polar surface area (TPSA) is 24.5 Å². The molecule has 98 valence electrons. The maximum absolute atomic E-state index is 5.52. The van der Waals surface area contributed by atoms with Gasteiger partial charge in [0, 0.05) is 30.9 Å². The summed E-state index contributed by atoms with van der Waals surface area (Å²) in [6, 6.07) is 10.00. The molecule has 0 bridgehead atoms. The Hall–Kier alpha value is -1.06. The van der Waals surface area contributed by atoms with Crippen molar-refractivity contribution in [2.24, 2.45) is 0 Å². The third-order valence-corrected chi connectivity index (χ3v) is 3.83. The van der Waals surface area contributed by atoms with Gasteiger partial charge in [0.15, 0.2) is 0 Å². The lowest BCUT2D eigenvalue weighted by Crippen LogP contribution is -2.44. The first-order valence-electron chi connectivity index (χ1n) is 7.00. The zero-order valence-corrected chi connectivity index (χ0v) is 11.1. The SMILES string of the molecule is CC1COCCN1c1ccccc1CNC1CC1. The Morgan fingerprint density at radius 1 is 1.33 bits per heavy atom. The van der Waals surface area contributed by atoms with Gasteiger partial charge in [-0.2, -0.15) is 0 Å². The van der Waals surface area contributed by atoms with E-state index in [1.54, 1.807) is 0 Å². The minimum absolute atomic E-state index is 0.473. The van der Waals surface area contributed by atoms with Gasteiger partial charge in [0.05, 0.1) is 13.2 Å². The van der Waals surface area contributed by atoms with Crippen molar-refractivity contribution in [1.29, 1.82) is 0 Å². The molecule has 0 radical (unpaired) electrons. The molecule has 3 heteroatoms. The van der Waals surface area contributed by atoms with Gasteiger partial charge in [0.1, 0.15) is 0 Å². The Balaban J connectivity index is 1.75. The van der Waals surface area contributed by atoms with Gasteiger partial charge in [-0.25, -0.2) is 0 Å². The summed E-state index contributed by atoms with van der Waals surface area (Å²) in [6.07, 6.45) is 2.69. The van der Waals surface area contributed by atoms with Gasteiger partial charge in [-0.3, -0.25) is 0 Å². The highest BCUT2D eigenvalue weighted by atomic mass is 16.5. The molecule has 1 aliphatic heterocycles. The second-order valence-corrected chi connectivity index (χ2v) is 5.40. The number of nitrogens with zero attached hydrogens (tertiary/aromatic N) is 1. The van der Waals surface area contributed by atoms with Crippen LogP contribution in [0.2, 0.25) is 0 Å². The van der Waals surface area contributed by atoms with Gasteiger partial charge in [-0.05, 0) is 31.4 Å². The molecule has 2 aliphatic rings. The summed E-state index contributed by atoms with van der Waals surface area (Å²) in [5.74, 6) is 0. The largest absolute Gasteiger partial charge is 0.377 e. The van der Waals surface area contributed by atoms with Crippen molar-refractivity contribution in [2.75, 3.05) is 24.7 Å². The van der Waals surface area contributed by atoms with Crippen LogP contribution in [0.25, 0.3) is 0 Å². The van der Waals surface area contributed by atoms with Crippen molar-refractivity contribution in [3.05, 3.63) is 29.8 Å². The molecule has 3 rings (SSSR count). The molecule has 0 aromatic heterocycles. The summed E-state index contributed by atoms with van der Waals surface area (Å²) in [5.41, 5.74) is 2.79. The van der Waals surface area contributed by atoms with Crippen molar-refractivity contribution >= 4 is 5.69 Å². The third-order valence-electron chi connectivity index (χ3n) is 3.83. The molecule has 1 unspecified atom stereocenters. The van der Waals surface area contributed by atoms with E-state index in [0.29, 0.717) is 6.04 Å². The molecule has 0 spiro atoms.